The molecule has 1 fully saturated rings. The van der Waals surface area contributed by atoms with Crippen LogP contribution in [0.4, 0.5) is 5.69 Å². The molecule has 3 rings (SSSR count). The summed E-state index contributed by atoms with van der Waals surface area (Å²) in [5.74, 6) is 0.407. The predicted molar refractivity (Wildman–Crippen MR) is 104 cm³/mol. The summed E-state index contributed by atoms with van der Waals surface area (Å²) in [5, 5.41) is 2.89. The van der Waals surface area contributed by atoms with E-state index >= 15 is 0 Å². The van der Waals surface area contributed by atoms with Gasteiger partial charge in [0.25, 0.3) is 0 Å². The van der Waals surface area contributed by atoms with Crippen molar-refractivity contribution in [2.75, 3.05) is 25.0 Å². The van der Waals surface area contributed by atoms with Crippen LogP contribution in [0.5, 0.6) is 5.75 Å². The first kappa shape index (κ1) is 19.4. The molecule has 0 aromatic heterocycles. The highest BCUT2D eigenvalue weighted by molar-refractivity contribution is 7.89. The number of hydrogen-bond donors (Lipinski definition) is 1. The lowest BCUT2D eigenvalue weighted by Crippen LogP contribution is -2.41. The second-order valence-electron chi connectivity index (χ2n) is 6.44. The molecule has 2 aromatic rings. The predicted octanol–water partition coefficient (Wildman–Crippen LogP) is 3.12. The number of rotatable bonds is 6. The van der Waals surface area contributed by atoms with Crippen LogP contribution in [0.1, 0.15) is 19.8 Å². The molecular weight excluding hydrogens is 364 g/mol. The largest absolute Gasteiger partial charge is 0.494 e. The fourth-order valence-corrected chi connectivity index (χ4v) is 4.62. The Morgan fingerprint density at radius 2 is 1.70 bits per heavy atom. The molecule has 1 N–H and O–H groups in total. The third-order valence-electron chi connectivity index (χ3n) is 4.64. The Morgan fingerprint density at radius 3 is 2.30 bits per heavy atom. The van der Waals surface area contributed by atoms with Gasteiger partial charge in [-0.1, -0.05) is 18.2 Å². The van der Waals surface area contributed by atoms with Gasteiger partial charge in [0.05, 0.1) is 11.5 Å². The van der Waals surface area contributed by atoms with E-state index in [2.05, 4.69) is 5.32 Å². The van der Waals surface area contributed by atoms with Gasteiger partial charge >= 0.3 is 0 Å². The van der Waals surface area contributed by atoms with Crippen LogP contribution in [0.15, 0.2) is 59.5 Å². The lowest BCUT2D eigenvalue weighted by molar-refractivity contribution is -0.120. The Morgan fingerprint density at radius 1 is 1.07 bits per heavy atom. The van der Waals surface area contributed by atoms with Gasteiger partial charge in [-0.25, -0.2) is 8.42 Å². The van der Waals surface area contributed by atoms with Gasteiger partial charge in [0, 0.05) is 24.7 Å². The average Bonchev–Trinajstić information content (AvgIpc) is 2.69. The van der Waals surface area contributed by atoms with Crippen molar-refractivity contribution in [3.05, 3.63) is 54.6 Å². The number of carbonyl (C=O) groups excluding carboxylic acids is 1. The summed E-state index contributed by atoms with van der Waals surface area (Å²) in [5.41, 5.74) is 0.756. The van der Waals surface area contributed by atoms with Crippen LogP contribution in [-0.4, -0.2) is 38.3 Å². The van der Waals surface area contributed by atoms with Gasteiger partial charge in [0.2, 0.25) is 15.9 Å². The fraction of sp³-hybridized carbons (Fsp3) is 0.350. The van der Waals surface area contributed by atoms with Crippen molar-refractivity contribution < 1.29 is 17.9 Å². The van der Waals surface area contributed by atoms with Crippen molar-refractivity contribution >= 4 is 21.6 Å². The molecule has 0 atom stereocenters. The lowest BCUT2D eigenvalue weighted by atomic mass is 9.97. The highest BCUT2D eigenvalue weighted by atomic mass is 32.2. The summed E-state index contributed by atoms with van der Waals surface area (Å²) in [6, 6.07) is 15.7. The zero-order valence-corrected chi connectivity index (χ0v) is 16.1. The minimum absolute atomic E-state index is 0.0562. The molecule has 0 saturated carbocycles. The number of hydrogen-bond acceptors (Lipinski definition) is 4. The number of para-hydroxylation sites is 1. The molecule has 0 aliphatic carbocycles. The van der Waals surface area contributed by atoms with Crippen molar-refractivity contribution in [1.82, 2.24) is 4.31 Å². The average molecular weight is 388 g/mol. The van der Waals surface area contributed by atoms with E-state index in [0.717, 1.165) is 5.69 Å². The zero-order chi connectivity index (χ0) is 19.3. The molecule has 0 bridgehead atoms. The minimum Gasteiger partial charge on any atom is -0.494 e. The van der Waals surface area contributed by atoms with Crippen LogP contribution in [0.25, 0.3) is 0 Å². The van der Waals surface area contributed by atoms with Crippen LogP contribution in [-0.2, 0) is 14.8 Å². The third kappa shape index (κ3) is 4.67. The molecule has 7 heteroatoms. The van der Waals surface area contributed by atoms with E-state index in [1.54, 1.807) is 24.3 Å². The van der Waals surface area contributed by atoms with Gasteiger partial charge in [-0.05, 0) is 56.2 Å². The van der Waals surface area contributed by atoms with E-state index in [1.807, 2.05) is 37.3 Å². The minimum atomic E-state index is -3.56. The molecular formula is C20H24N2O4S. The molecule has 144 valence electrons. The van der Waals surface area contributed by atoms with Gasteiger partial charge in [-0.3, -0.25) is 4.79 Å². The van der Waals surface area contributed by atoms with Gasteiger partial charge in [0.1, 0.15) is 5.75 Å². The monoisotopic (exact) mass is 388 g/mol. The summed E-state index contributed by atoms with van der Waals surface area (Å²) in [7, 11) is -3.56. The fourth-order valence-electron chi connectivity index (χ4n) is 3.15. The number of anilines is 1. The van der Waals surface area contributed by atoms with Crippen LogP contribution in [0.2, 0.25) is 0 Å². The van der Waals surface area contributed by atoms with Gasteiger partial charge in [-0.15, -0.1) is 0 Å². The van der Waals surface area contributed by atoms with Crippen LogP contribution < -0.4 is 10.1 Å². The Kier molecular flexibility index (Phi) is 6.13. The summed E-state index contributed by atoms with van der Waals surface area (Å²) in [4.78, 5) is 12.6. The summed E-state index contributed by atoms with van der Waals surface area (Å²) in [6.45, 7) is 3.08. The smallest absolute Gasteiger partial charge is 0.243 e. The normalized spacial score (nSPS) is 16.0. The van der Waals surface area contributed by atoms with Crippen molar-refractivity contribution in [3.63, 3.8) is 0 Å². The van der Waals surface area contributed by atoms with Crippen molar-refractivity contribution in [1.29, 1.82) is 0 Å². The van der Waals surface area contributed by atoms with Crippen LogP contribution in [0, 0.1) is 5.92 Å². The highest BCUT2D eigenvalue weighted by Gasteiger charge is 2.32. The number of ether oxygens (including phenoxy) is 1. The quantitative estimate of drug-likeness (QED) is 0.825. The van der Waals surface area contributed by atoms with Crippen LogP contribution >= 0.6 is 0 Å². The Hall–Kier alpha value is -2.38. The van der Waals surface area contributed by atoms with Crippen molar-refractivity contribution in [2.45, 2.75) is 24.7 Å². The molecule has 1 aliphatic rings. The summed E-state index contributed by atoms with van der Waals surface area (Å²) >= 11 is 0. The standard InChI is InChI=1S/C20H24N2O4S/c1-2-26-18-8-10-19(11-9-18)27(24,25)22-14-12-16(13-15-22)20(23)21-17-6-4-3-5-7-17/h3-11,16H,2,12-15H2,1H3,(H,21,23). The number of nitrogens with one attached hydrogen (secondary N) is 1. The summed E-state index contributed by atoms with van der Waals surface area (Å²) in [6.07, 6.45) is 1.02. The van der Waals surface area contributed by atoms with Gasteiger partial charge < -0.3 is 10.1 Å². The second-order valence-corrected chi connectivity index (χ2v) is 8.38. The topological polar surface area (TPSA) is 75.7 Å². The Balaban J connectivity index is 1.60. The first-order chi connectivity index (χ1) is 13.0. The molecule has 27 heavy (non-hydrogen) atoms. The SMILES string of the molecule is CCOc1ccc(S(=O)(=O)N2CCC(C(=O)Nc3ccccc3)CC2)cc1. The number of carbonyl (C=O) groups is 1. The van der Waals surface area contributed by atoms with E-state index in [-0.39, 0.29) is 16.7 Å². The van der Waals surface area contributed by atoms with Crippen molar-refractivity contribution in [3.8, 4) is 5.75 Å². The number of amides is 1. The number of benzene rings is 2. The maximum absolute atomic E-state index is 12.8. The third-order valence-corrected chi connectivity index (χ3v) is 6.55. The van der Waals surface area contributed by atoms with E-state index in [0.29, 0.717) is 38.3 Å². The number of piperidine rings is 1. The van der Waals surface area contributed by atoms with E-state index in [1.165, 1.54) is 4.31 Å². The Bertz CT molecular complexity index is 859. The van der Waals surface area contributed by atoms with Crippen LogP contribution in [0.3, 0.4) is 0 Å². The molecule has 1 heterocycles. The highest BCUT2D eigenvalue weighted by Crippen LogP contribution is 2.26. The molecule has 0 radical (unpaired) electrons. The molecule has 0 unspecified atom stereocenters. The molecule has 1 saturated heterocycles. The van der Waals surface area contributed by atoms with E-state index in [9.17, 15) is 13.2 Å². The second kappa shape index (κ2) is 8.54. The first-order valence-corrected chi connectivity index (χ1v) is 10.5. The lowest BCUT2D eigenvalue weighted by Gasteiger charge is -2.30. The molecule has 2 aromatic carbocycles. The van der Waals surface area contributed by atoms with E-state index < -0.39 is 10.0 Å². The maximum Gasteiger partial charge on any atom is 0.243 e. The van der Waals surface area contributed by atoms with E-state index in [4.69, 9.17) is 4.74 Å². The zero-order valence-electron chi connectivity index (χ0n) is 15.3. The molecule has 6 nitrogen and oxygen atoms in total. The first-order valence-electron chi connectivity index (χ1n) is 9.09. The molecule has 1 aliphatic heterocycles. The summed E-state index contributed by atoms with van der Waals surface area (Å²) < 4.78 is 32.4. The van der Waals surface area contributed by atoms with Gasteiger partial charge in [0.15, 0.2) is 0 Å². The molecule has 1 amide bonds. The number of sulfonamides is 1. The maximum atomic E-state index is 12.8. The Labute approximate surface area is 160 Å². The van der Waals surface area contributed by atoms with Crippen molar-refractivity contribution in [2.24, 2.45) is 5.92 Å². The molecule has 0 spiro atoms. The van der Waals surface area contributed by atoms with Gasteiger partial charge in [-0.2, -0.15) is 4.31 Å². The number of nitrogens with zero attached hydrogens (tertiary/aromatic N) is 1.